The summed E-state index contributed by atoms with van der Waals surface area (Å²) in [5.74, 6) is 0. The van der Waals surface area contributed by atoms with E-state index in [1.54, 1.807) is 31.3 Å². The second-order valence-corrected chi connectivity index (χ2v) is 6.53. The van der Waals surface area contributed by atoms with Crippen molar-refractivity contribution in [2.75, 3.05) is 18.9 Å². The summed E-state index contributed by atoms with van der Waals surface area (Å²) < 4.78 is 26.9. The van der Waals surface area contributed by atoms with Gasteiger partial charge in [0.1, 0.15) is 0 Å². The van der Waals surface area contributed by atoms with Gasteiger partial charge in [-0.25, -0.2) is 13.1 Å². The van der Waals surface area contributed by atoms with E-state index in [4.69, 9.17) is 0 Å². The molecule has 0 radical (unpaired) electrons. The van der Waals surface area contributed by atoms with Gasteiger partial charge in [0.05, 0.1) is 4.90 Å². The predicted octanol–water partition coefficient (Wildman–Crippen LogP) is 2.64. The van der Waals surface area contributed by atoms with Crippen LogP contribution in [0.25, 0.3) is 0 Å². The Morgan fingerprint density at radius 1 is 0.952 bits per heavy atom. The molecule has 4 nitrogen and oxygen atoms in total. The molecule has 112 valence electrons. The monoisotopic (exact) mass is 304 g/mol. The first-order valence-electron chi connectivity index (χ1n) is 6.93. The lowest BCUT2D eigenvalue weighted by Crippen LogP contribution is -2.25. The van der Waals surface area contributed by atoms with Crippen molar-refractivity contribution in [2.45, 2.75) is 17.7 Å². The zero-order valence-corrected chi connectivity index (χ0v) is 12.9. The molecule has 0 saturated carbocycles. The first-order chi connectivity index (χ1) is 10.1. The molecule has 2 N–H and O–H groups in total. The smallest absolute Gasteiger partial charge is 0.240 e. The van der Waals surface area contributed by atoms with Crippen LogP contribution < -0.4 is 10.0 Å². The van der Waals surface area contributed by atoms with Gasteiger partial charge in [-0.2, -0.15) is 0 Å². The Labute approximate surface area is 126 Å². The molecule has 2 aromatic carbocycles. The second kappa shape index (κ2) is 7.24. The molecule has 0 spiro atoms. The number of benzene rings is 2. The van der Waals surface area contributed by atoms with E-state index in [2.05, 4.69) is 10.0 Å². The van der Waals surface area contributed by atoms with E-state index < -0.39 is 10.0 Å². The number of sulfonamides is 1. The fourth-order valence-electron chi connectivity index (χ4n) is 2.03. The molecule has 2 aromatic rings. The van der Waals surface area contributed by atoms with E-state index in [0.29, 0.717) is 11.4 Å². The molecule has 0 unspecified atom stereocenters. The topological polar surface area (TPSA) is 58.2 Å². The molecule has 21 heavy (non-hydrogen) atoms. The van der Waals surface area contributed by atoms with Crippen LogP contribution in [-0.4, -0.2) is 22.0 Å². The molecule has 5 heteroatoms. The summed E-state index contributed by atoms with van der Waals surface area (Å²) in [5, 5.41) is 2.96. The highest BCUT2D eigenvalue weighted by atomic mass is 32.2. The standard InChI is InChI=1S/C16H20N2O2S/c1-17-15-9-11-16(12-10-15)21(19,20)18-13-5-8-14-6-3-2-4-7-14/h2-4,6-7,9-12,17-18H,5,8,13H2,1H3. The number of anilines is 1. The maximum absolute atomic E-state index is 12.1. The van der Waals surface area contributed by atoms with Gasteiger partial charge < -0.3 is 5.32 Å². The number of aryl methyl sites for hydroxylation is 1. The molecule has 0 bridgehead atoms. The van der Waals surface area contributed by atoms with Gasteiger partial charge in [0.25, 0.3) is 0 Å². The van der Waals surface area contributed by atoms with E-state index in [0.717, 1.165) is 18.5 Å². The van der Waals surface area contributed by atoms with Crippen LogP contribution in [0.5, 0.6) is 0 Å². The number of rotatable bonds is 7. The average molecular weight is 304 g/mol. The van der Waals surface area contributed by atoms with E-state index >= 15 is 0 Å². The van der Waals surface area contributed by atoms with Crippen molar-refractivity contribution >= 4 is 15.7 Å². The van der Waals surface area contributed by atoms with Crippen molar-refractivity contribution in [3.63, 3.8) is 0 Å². The van der Waals surface area contributed by atoms with Crippen molar-refractivity contribution in [2.24, 2.45) is 0 Å². The molecular weight excluding hydrogens is 284 g/mol. The van der Waals surface area contributed by atoms with Crippen molar-refractivity contribution in [3.8, 4) is 0 Å². The molecule has 0 fully saturated rings. The molecule has 0 aliphatic rings. The van der Waals surface area contributed by atoms with Gasteiger partial charge in [0, 0.05) is 19.3 Å². The molecule has 0 amide bonds. The van der Waals surface area contributed by atoms with E-state index in [1.807, 2.05) is 30.3 Å². The van der Waals surface area contributed by atoms with Gasteiger partial charge in [-0.1, -0.05) is 30.3 Å². The number of nitrogens with one attached hydrogen (secondary N) is 2. The number of hydrogen-bond acceptors (Lipinski definition) is 3. The third-order valence-corrected chi connectivity index (χ3v) is 4.71. The fourth-order valence-corrected chi connectivity index (χ4v) is 3.10. The van der Waals surface area contributed by atoms with Crippen molar-refractivity contribution in [3.05, 3.63) is 60.2 Å². The average Bonchev–Trinajstić information content (AvgIpc) is 2.53. The highest BCUT2D eigenvalue weighted by molar-refractivity contribution is 7.89. The maximum atomic E-state index is 12.1. The Bertz CT molecular complexity index is 652. The first-order valence-corrected chi connectivity index (χ1v) is 8.41. The predicted molar refractivity (Wildman–Crippen MR) is 85.9 cm³/mol. The third kappa shape index (κ3) is 4.58. The molecule has 0 aromatic heterocycles. The van der Waals surface area contributed by atoms with Crippen LogP contribution in [0.4, 0.5) is 5.69 Å². The highest BCUT2D eigenvalue weighted by Gasteiger charge is 2.12. The normalized spacial score (nSPS) is 11.3. The summed E-state index contributed by atoms with van der Waals surface area (Å²) in [4.78, 5) is 0.293. The number of hydrogen-bond donors (Lipinski definition) is 2. The van der Waals surface area contributed by atoms with Gasteiger partial charge >= 0.3 is 0 Å². The molecule has 0 atom stereocenters. The van der Waals surface area contributed by atoms with E-state index in [1.165, 1.54) is 5.56 Å². The van der Waals surface area contributed by atoms with Gasteiger partial charge in [-0.05, 0) is 42.7 Å². The summed E-state index contributed by atoms with van der Waals surface area (Å²) >= 11 is 0. The zero-order valence-electron chi connectivity index (χ0n) is 12.0. The Kier molecular flexibility index (Phi) is 5.36. The van der Waals surface area contributed by atoms with Gasteiger partial charge in [-0.3, -0.25) is 0 Å². The molecule has 0 aliphatic heterocycles. The van der Waals surface area contributed by atoms with Gasteiger partial charge in [0.2, 0.25) is 10.0 Å². The first kappa shape index (κ1) is 15.5. The summed E-state index contributed by atoms with van der Waals surface area (Å²) in [5.41, 5.74) is 2.10. The zero-order chi connectivity index (χ0) is 15.1. The van der Waals surface area contributed by atoms with Crippen molar-refractivity contribution in [1.29, 1.82) is 0 Å². The van der Waals surface area contributed by atoms with Crippen LogP contribution in [0, 0.1) is 0 Å². The molecule has 0 aliphatic carbocycles. The minimum absolute atomic E-state index is 0.293. The molecular formula is C16H20N2O2S. The highest BCUT2D eigenvalue weighted by Crippen LogP contribution is 2.13. The Balaban J connectivity index is 1.86. The lowest BCUT2D eigenvalue weighted by Gasteiger charge is -2.08. The minimum Gasteiger partial charge on any atom is -0.388 e. The van der Waals surface area contributed by atoms with Crippen molar-refractivity contribution < 1.29 is 8.42 Å². The van der Waals surface area contributed by atoms with Crippen LogP contribution in [0.3, 0.4) is 0 Å². The van der Waals surface area contributed by atoms with Crippen molar-refractivity contribution in [1.82, 2.24) is 4.72 Å². The van der Waals surface area contributed by atoms with Crippen LogP contribution in [0.15, 0.2) is 59.5 Å². The fraction of sp³-hybridized carbons (Fsp3) is 0.250. The van der Waals surface area contributed by atoms with E-state index in [9.17, 15) is 8.42 Å². The van der Waals surface area contributed by atoms with Gasteiger partial charge in [0.15, 0.2) is 0 Å². The Hall–Kier alpha value is -1.85. The summed E-state index contributed by atoms with van der Waals surface area (Å²) in [6.45, 7) is 0.436. The quantitative estimate of drug-likeness (QED) is 0.773. The summed E-state index contributed by atoms with van der Waals surface area (Å²) in [6, 6.07) is 16.7. The van der Waals surface area contributed by atoms with Gasteiger partial charge in [-0.15, -0.1) is 0 Å². The van der Waals surface area contributed by atoms with E-state index in [-0.39, 0.29) is 0 Å². The third-order valence-electron chi connectivity index (χ3n) is 3.23. The lowest BCUT2D eigenvalue weighted by atomic mass is 10.1. The maximum Gasteiger partial charge on any atom is 0.240 e. The minimum atomic E-state index is -3.42. The van der Waals surface area contributed by atoms with Crippen LogP contribution in [0.2, 0.25) is 0 Å². The van der Waals surface area contributed by atoms with Crippen LogP contribution >= 0.6 is 0 Å². The second-order valence-electron chi connectivity index (χ2n) is 4.76. The SMILES string of the molecule is CNc1ccc(S(=O)(=O)NCCCc2ccccc2)cc1. The molecule has 0 heterocycles. The summed E-state index contributed by atoms with van der Waals surface area (Å²) in [7, 11) is -1.62. The lowest BCUT2D eigenvalue weighted by molar-refractivity contribution is 0.579. The molecule has 2 rings (SSSR count). The Morgan fingerprint density at radius 2 is 1.62 bits per heavy atom. The van der Waals surface area contributed by atoms with Crippen LogP contribution in [-0.2, 0) is 16.4 Å². The largest absolute Gasteiger partial charge is 0.388 e. The molecule has 0 saturated heterocycles. The summed E-state index contributed by atoms with van der Waals surface area (Å²) in [6.07, 6.45) is 1.64. The van der Waals surface area contributed by atoms with Crippen LogP contribution in [0.1, 0.15) is 12.0 Å². The Morgan fingerprint density at radius 3 is 2.24 bits per heavy atom.